The van der Waals surface area contributed by atoms with Gasteiger partial charge in [0.1, 0.15) is 0 Å². The lowest BCUT2D eigenvalue weighted by atomic mass is 9.88. The predicted octanol–water partition coefficient (Wildman–Crippen LogP) is 10.6. The number of allylic oxidation sites excluding steroid dienone is 10. The van der Waals surface area contributed by atoms with Crippen LogP contribution in [0.1, 0.15) is 91.2 Å². The second kappa shape index (κ2) is 14.7. The van der Waals surface area contributed by atoms with Crippen molar-refractivity contribution in [2.75, 3.05) is 0 Å². The fourth-order valence-electron chi connectivity index (χ4n) is 4.75. The van der Waals surface area contributed by atoms with E-state index < -0.39 is 0 Å². The van der Waals surface area contributed by atoms with Gasteiger partial charge in [-0.3, -0.25) is 0 Å². The molecule has 1 aromatic rings. The molecular formula is C33H48. The van der Waals surface area contributed by atoms with E-state index in [0.717, 1.165) is 6.42 Å². The van der Waals surface area contributed by atoms with Crippen molar-refractivity contribution in [3.8, 4) is 0 Å². The molecular weight excluding hydrogens is 396 g/mol. The Morgan fingerprint density at radius 3 is 2.00 bits per heavy atom. The van der Waals surface area contributed by atoms with Gasteiger partial charge in [-0.25, -0.2) is 0 Å². The summed E-state index contributed by atoms with van der Waals surface area (Å²) in [5.74, 6) is 0.503. The third kappa shape index (κ3) is 9.58. The molecule has 0 N–H and O–H groups in total. The summed E-state index contributed by atoms with van der Waals surface area (Å²) in [5, 5.41) is 0. The molecule has 0 bridgehead atoms. The van der Waals surface area contributed by atoms with Gasteiger partial charge < -0.3 is 0 Å². The minimum Gasteiger partial charge on any atom is -0.102 e. The first-order valence-corrected chi connectivity index (χ1v) is 12.7. The van der Waals surface area contributed by atoms with E-state index in [9.17, 15) is 0 Å². The molecule has 180 valence electrons. The molecule has 1 unspecified atom stereocenters. The van der Waals surface area contributed by atoms with Gasteiger partial charge in [0.15, 0.2) is 0 Å². The van der Waals surface area contributed by atoms with Crippen molar-refractivity contribution in [3.05, 3.63) is 106 Å². The summed E-state index contributed by atoms with van der Waals surface area (Å²) >= 11 is 0. The van der Waals surface area contributed by atoms with Gasteiger partial charge in [-0.1, -0.05) is 90.8 Å². The lowest BCUT2D eigenvalue weighted by Gasteiger charge is -2.17. The Morgan fingerprint density at radius 2 is 1.64 bits per heavy atom. The molecule has 0 aromatic heterocycles. The molecule has 0 saturated heterocycles. The van der Waals surface area contributed by atoms with Crippen molar-refractivity contribution in [1.82, 2.24) is 0 Å². The van der Waals surface area contributed by atoms with Gasteiger partial charge >= 0.3 is 0 Å². The Labute approximate surface area is 205 Å². The molecule has 0 fully saturated rings. The van der Waals surface area contributed by atoms with Gasteiger partial charge in [0.05, 0.1) is 0 Å². The largest absolute Gasteiger partial charge is 0.102 e. The number of aryl methyl sites for hydroxylation is 2. The molecule has 0 saturated carbocycles. The third-order valence-electron chi connectivity index (χ3n) is 6.50. The third-order valence-corrected chi connectivity index (χ3v) is 6.50. The van der Waals surface area contributed by atoms with Gasteiger partial charge in [0.2, 0.25) is 0 Å². The van der Waals surface area contributed by atoms with Crippen LogP contribution in [-0.2, 0) is 0 Å². The Kier molecular flexibility index (Phi) is 12.8. The molecule has 2 aliphatic carbocycles. The zero-order valence-corrected chi connectivity index (χ0v) is 22.8. The van der Waals surface area contributed by atoms with Crippen molar-refractivity contribution >= 4 is 0 Å². The van der Waals surface area contributed by atoms with E-state index in [1.165, 1.54) is 71.1 Å². The molecule has 0 heterocycles. The van der Waals surface area contributed by atoms with Crippen molar-refractivity contribution < 1.29 is 0 Å². The Balaban J connectivity index is 0.000000257. The molecule has 0 spiro atoms. The molecule has 0 aliphatic heterocycles. The molecule has 0 heteroatoms. The van der Waals surface area contributed by atoms with Crippen LogP contribution in [0.2, 0.25) is 0 Å². The SMILES string of the molecule is C=C(C)C1=C(CC)C=CCC1.C=CC(C)C(=C(C)C)C1=C(C)CCC1.Cc1cccc(C)c1. The van der Waals surface area contributed by atoms with E-state index >= 15 is 0 Å². The molecule has 33 heavy (non-hydrogen) atoms. The first-order valence-electron chi connectivity index (χ1n) is 12.7. The van der Waals surface area contributed by atoms with Crippen molar-refractivity contribution in [2.45, 2.75) is 93.9 Å². The summed E-state index contributed by atoms with van der Waals surface area (Å²) < 4.78 is 0. The molecule has 0 radical (unpaired) electrons. The van der Waals surface area contributed by atoms with Crippen molar-refractivity contribution in [2.24, 2.45) is 5.92 Å². The maximum absolute atomic E-state index is 3.99. The number of benzene rings is 1. The summed E-state index contributed by atoms with van der Waals surface area (Å²) in [7, 11) is 0. The van der Waals surface area contributed by atoms with Crippen molar-refractivity contribution in [1.29, 1.82) is 0 Å². The molecule has 0 nitrogen and oxygen atoms in total. The van der Waals surface area contributed by atoms with Crippen LogP contribution in [-0.4, -0.2) is 0 Å². The van der Waals surface area contributed by atoms with E-state index in [1.807, 2.05) is 0 Å². The summed E-state index contributed by atoms with van der Waals surface area (Å²) in [6.45, 7) is 25.4. The highest BCUT2D eigenvalue weighted by Crippen LogP contribution is 2.36. The minimum absolute atomic E-state index is 0.503. The maximum atomic E-state index is 3.99. The van der Waals surface area contributed by atoms with E-state index in [-0.39, 0.29) is 0 Å². The lowest BCUT2D eigenvalue weighted by Crippen LogP contribution is -2.01. The summed E-state index contributed by atoms with van der Waals surface area (Å²) in [6, 6.07) is 8.45. The van der Waals surface area contributed by atoms with Crippen molar-refractivity contribution in [3.63, 3.8) is 0 Å². The van der Waals surface area contributed by atoms with Crippen LogP contribution in [0.25, 0.3) is 0 Å². The highest BCUT2D eigenvalue weighted by atomic mass is 14.2. The standard InChI is InChI=1S/C14H22.C11H16.C8H10/c1-6-11(4)14(10(2)3)13-9-7-8-12(13)5;1-4-10-7-5-6-8-11(10)9(2)3;1-7-4-3-5-8(2)6-7/h6,11H,1,7-9H2,2-5H3;5,7H,2,4,6,8H2,1,3H3;3-6H,1-2H3. The average Bonchev–Trinajstić information content (AvgIpc) is 3.19. The van der Waals surface area contributed by atoms with Crippen LogP contribution in [0.4, 0.5) is 0 Å². The quantitative estimate of drug-likeness (QED) is 0.396. The zero-order chi connectivity index (χ0) is 25.0. The lowest BCUT2D eigenvalue weighted by molar-refractivity contribution is 0.824. The maximum Gasteiger partial charge on any atom is -0.00111 e. The number of hydrogen-bond donors (Lipinski definition) is 0. The van der Waals surface area contributed by atoms with Gasteiger partial charge in [-0.05, 0) is 108 Å². The average molecular weight is 445 g/mol. The minimum atomic E-state index is 0.503. The first kappa shape index (κ1) is 28.7. The van der Waals surface area contributed by atoms with Crippen LogP contribution < -0.4 is 0 Å². The van der Waals surface area contributed by atoms with Crippen LogP contribution >= 0.6 is 0 Å². The zero-order valence-electron chi connectivity index (χ0n) is 22.8. The van der Waals surface area contributed by atoms with Gasteiger partial charge in [-0.2, -0.15) is 0 Å². The highest BCUT2D eigenvalue weighted by molar-refractivity contribution is 5.42. The molecule has 0 amide bonds. The molecule has 2 aliphatic rings. The van der Waals surface area contributed by atoms with E-state index in [2.05, 4.69) is 111 Å². The summed E-state index contributed by atoms with van der Waals surface area (Å²) in [5.41, 5.74) is 13.1. The van der Waals surface area contributed by atoms with Gasteiger partial charge in [-0.15, -0.1) is 6.58 Å². The second-order valence-electron chi connectivity index (χ2n) is 9.79. The van der Waals surface area contributed by atoms with Crippen LogP contribution in [0, 0.1) is 19.8 Å². The van der Waals surface area contributed by atoms with Crippen LogP contribution in [0.5, 0.6) is 0 Å². The van der Waals surface area contributed by atoms with Gasteiger partial charge in [0.25, 0.3) is 0 Å². The first-order chi connectivity index (χ1) is 15.6. The smallest absolute Gasteiger partial charge is 0.00111 e. The van der Waals surface area contributed by atoms with E-state index in [0.29, 0.717) is 5.92 Å². The van der Waals surface area contributed by atoms with E-state index in [1.54, 1.807) is 11.1 Å². The molecule has 3 rings (SSSR count). The normalized spacial score (nSPS) is 15.8. The molecule has 1 atom stereocenters. The monoisotopic (exact) mass is 444 g/mol. The number of hydrogen-bond acceptors (Lipinski definition) is 0. The Bertz CT molecular complexity index is 905. The number of rotatable bonds is 5. The van der Waals surface area contributed by atoms with Gasteiger partial charge in [0, 0.05) is 0 Å². The highest BCUT2D eigenvalue weighted by Gasteiger charge is 2.18. The topological polar surface area (TPSA) is 0 Å². The van der Waals surface area contributed by atoms with Crippen LogP contribution in [0.3, 0.4) is 0 Å². The van der Waals surface area contributed by atoms with Crippen LogP contribution in [0.15, 0.2) is 94.7 Å². The molecule has 1 aromatic carbocycles. The summed E-state index contributed by atoms with van der Waals surface area (Å²) in [6.07, 6.45) is 14.0. The fraction of sp³-hybridized carbons (Fsp3) is 0.455. The second-order valence-corrected chi connectivity index (χ2v) is 9.79. The Hall–Kier alpha value is -2.34. The predicted molar refractivity (Wildman–Crippen MR) is 151 cm³/mol. The Morgan fingerprint density at radius 1 is 1.00 bits per heavy atom. The fourth-order valence-corrected chi connectivity index (χ4v) is 4.75. The van der Waals surface area contributed by atoms with E-state index in [4.69, 9.17) is 0 Å². The summed E-state index contributed by atoms with van der Waals surface area (Å²) in [4.78, 5) is 0.